The molecule has 0 spiro atoms. The Morgan fingerprint density at radius 2 is 1.31 bits per heavy atom. The first-order valence-electron chi connectivity index (χ1n) is 12.1. The summed E-state index contributed by atoms with van der Waals surface area (Å²) < 4.78 is 0. The second-order valence-corrected chi connectivity index (χ2v) is 11.1. The van der Waals surface area contributed by atoms with Crippen LogP contribution in [-0.2, 0) is 0 Å². The summed E-state index contributed by atoms with van der Waals surface area (Å²) in [6.07, 6.45) is 13.7. The summed E-state index contributed by atoms with van der Waals surface area (Å²) >= 11 is 0. The van der Waals surface area contributed by atoms with Crippen LogP contribution < -0.4 is 0 Å². The largest absolute Gasteiger partial charge is 0.301 e. The Labute approximate surface area is 162 Å². The predicted octanol–water partition coefficient (Wildman–Crippen LogP) is 5.03. The van der Waals surface area contributed by atoms with Gasteiger partial charge in [-0.25, -0.2) is 0 Å². The summed E-state index contributed by atoms with van der Waals surface area (Å²) in [5, 5.41) is 0. The molecular formula is C24H42N2. The molecule has 5 fully saturated rings. The number of piperidine rings is 2. The molecule has 2 heteroatoms. The molecule has 5 atom stereocenters. The van der Waals surface area contributed by atoms with Gasteiger partial charge in [0.05, 0.1) is 0 Å². The highest BCUT2D eigenvalue weighted by Gasteiger charge is 2.71. The van der Waals surface area contributed by atoms with Gasteiger partial charge < -0.3 is 9.80 Å². The van der Waals surface area contributed by atoms with Crippen LogP contribution in [0.5, 0.6) is 0 Å². The second kappa shape index (κ2) is 6.76. The molecule has 5 rings (SSSR count). The molecule has 0 aromatic heterocycles. The van der Waals surface area contributed by atoms with Crippen molar-refractivity contribution < 1.29 is 0 Å². The lowest BCUT2D eigenvalue weighted by Crippen LogP contribution is -2.74. The van der Waals surface area contributed by atoms with E-state index in [2.05, 4.69) is 30.6 Å². The van der Waals surface area contributed by atoms with Crippen LogP contribution in [0, 0.1) is 35.0 Å². The van der Waals surface area contributed by atoms with Gasteiger partial charge in [0, 0.05) is 12.1 Å². The van der Waals surface area contributed by atoms with Crippen LogP contribution in [0.4, 0.5) is 0 Å². The fourth-order valence-electron chi connectivity index (χ4n) is 8.19. The Hall–Kier alpha value is -0.0800. The van der Waals surface area contributed by atoms with Crippen molar-refractivity contribution in [2.75, 3.05) is 26.2 Å². The third-order valence-electron chi connectivity index (χ3n) is 10.1. The molecule has 2 nitrogen and oxygen atoms in total. The van der Waals surface area contributed by atoms with Crippen molar-refractivity contribution in [2.45, 2.75) is 90.6 Å². The Morgan fingerprint density at radius 3 is 1.73 bits per heavy atom. The smallest absolute Gasteiger partial charge is 0.0129 e. The summed E-state index contributed by atoms with van der Waals surface area (Å²) in [4.78, 5) is 5.61. The molecule has 0 N–H and O–H groups in total. The van der Waals surface area contributed by atoms with Crippen LogP contribution in [-0.4, -0.2) is 48.1 Å². The minimum atomic E-state index is 0.747. The first kappa shape index (κ1) is 18.0. The van der Waals surface area contributed by atoms with Crippen LogP contribution in [0.25, 0.3) is 0 Å². The maximum atomic E-state index is 2.93. The van der Waals surface area contributed by atoms with Crippen molar-refractivity contribution in [1.82, 2.24) is 9.80 Å². The van der Waals surface area contributed by atoms with Crippen LogP contribution in [0.15, 0.2) is 0 Å². The van der Waals surface area contributed by atoms with Crippen molar-refractivity contribution in [1.29, 1.82) is 0 Å². The third-order valence-corrected chi connectivity index (χ3v) is 10.1. The SMILES string of the molecule is CC(C)N1CCC(CC2CCN([C@H](C)C34CCC3C3CCC34)CC2)CC1. The Bertz CT molecular complexity index is 488. The van der Waals surface area contributed by atoms with E-state index in [-0.39, 0.29) is 0 Å². The normalized spacial score (nSPS) is 43.2. The lowest BCUT2D eigenvalue weighted by atomic mass is 9.29. The van der Waals surface area contributed by atoms with Crippen LogP contribution in [0.1, 0.15) is 78.6 Å². The first-order valence-corrected chi connectivity index (χ1v) is 12.1. The zero-order valence-electron chi connectivity index (χ0n) is 17.6. The van der Waals surface area contributed by atoms with Gasteiger partial charge in [-0.1, -0.05) is 0 Å². The van der Waals surface area contributed by atoms with Crippen LogP contribution in [0.3, 0.4) is 0 Å². The second-order valence-electron chi connectivity index (χ2n) is 11.1. The molecule has 3 saturated carbocycles. The fourth-order valence-corrected chi connectivity index (χ4v) is 8.19. The van der Waals surface area contributed by atoms with Gasteiger partial charge in [-0.3, -0.25) is 0 Å². The zero-order chi connectivity index (χ0) is 17.9. The molecule has 2 saturated heterocycles. The molecule has 3 aliphatic carbocycles. The van der Waals surface area contributed by atoms with Gasteiger partial charge in [0.2, 0.25) is 0 Å². The van der Waals surface area contributed by atoms with Crippen molar-refractivity contribution in [3.8, 4) is 0 Å². The minimum absolute atomic E-state index is 0.747. The van der Waals surface area contributed by atoms with Crippen molar-refractivity contribution in [3.05, 3.63) is 0 Å². The highest BCUT2D eigenvalue weighted by atomic mass is 15.2. The monoisotopic (exact) mass is 358 g/mol. The van der Waals surface area contributed by atoms with E-state index in [1.807, 2.05) is 0 Å². The quantitative estimate of drug-likeness (QED) is 0.680. The summed E-state index contributed by atoms with van der Waals surface area (Å²) in [5.74, 6) is 5.50. The predicted molar refractivity (Wildman–Crippen MR) is 109 cm³/mol. The van der Waals surface area contributed by atoms with Gasteiger partial charge in [0.1, 0.15) is 0 Å². The molecule has 0 bridgehead atoms. The fraction of sp³-hybridized carbons (Fsp3) is 1.00. The van der Waals surface area contributed by atoms with E-state index >= 15 is 0 Å². The molecular weight excluding hydrogens is 316 g/mol. The molecule has 0 radical (unpaired) electrons. The molecule has 148 valence electrons. The number of hydrogen-bond donors (Lipinski definition) is 0. The van der Waals surface area contributed by atoms with Crippen LogP contribution >= 0.6 is 0 Å². The minimum Gasteiger partial charge on any atom is -0.301 e. The number of rotatable bonds is 5. The van der Waals surface area contributed by atoms with Gasteiger partial charge in [-0.05, 0) is 140 Å². The number of nitrogens with zero attached hydrogens (tertiary/aromatic N) is 2. The van der Waals surface area contributed by atoms with Gasteiger partial charge in [-0.2, -0.15) is 0 Å². The van der Waals surface area contributed by atoms with Crippen molar-refractivity contribution >= 4 is 0 Å². The summed E-state index contributed by atoms with van der Waals surface area (Å²) in [6.45, 7) is 12.8. The Morgan fingerprint density at radius 1 is 0.731 bits per heavy atom. The van der Waals surface area contributed by atoms with E-state index in [0.717, 1.165) is 41.2 Å². The van der Waals surface area contributed by atoms with E-state index in [9.17, 15) is 0 Å². The Balaban J connectivity index is 1.09. The number of fused-ring (bicyclic) bond motifs is 4. The van der Waals surface area contributed by atoms with E-state index in [4.69, 9.17) is 0 Å². The molecule has 26 heavy (non-hydrogen) atoms. The number of hydrogen-bond acceptors (Lipinski definition) is 2. The van der Waals surface area contributed by atoms with E-state index in [0.29, 0.717) is 0 Å². The maximum absolute atomic E-state index is 2.93. The maximum Gasteiger partial charge on any atom is 0.0129 e. The van der Waals surface area contributed by atoms with Gasteiger partial charge in [-0.15, -0.1) is 0 Å². The summed E-state index contributed by atoms with van der Waals surface area (Å²) in [6, 6.07) is 1.63. The molecule has 5 aliphatic rings. The van der Waals surface area contributed by atoms with Crippen LogP contribution in [0.2, 0.25) is 0 Å². The van der Waals surface area contributed by atoms with E-state index < -0.39 is 0 Å². The van der Waals surface area contributed by atoms with E-state index in [1.54, 1.807) is 25.7 Å². The average molecular weight is 359 g/mol. The van der Waals surface area contributed by atoms with Crippen molar-refractivity contribution in [2.24, 2.45) is 35.0 Å². The molecule has 0 aromatic carbocycles. The summed E-state index contributed by atoms with van der Waals surface area (Å²) in [7, 11) is 0. The standard InChI is InChI=1S/C24H42N2/c1-17(2)25-12-7-19(8-13-25)16-20-9-14-26(15-10-20)18(3)24-11-6-23(24)21-4-5-22(21)24/h17-23H,4-16H2,1-3H3/t18-,21?,22?,23?,24?/m1/s1. The molecule has 0 amide bonds. The lowest BCUT2D eigenvalue weighted by Gasteiger charge is -2.77. The third kappa shape index (κ3) is 2.65. The topological polar surface area (TPSA) is 6.48 Å². The molecule has 0 aromatic rings. The van der Waals surface area contributed by atoms with Crippen molar-refractivity contribution in [3.63, 3.8) is 0 Å². The first-order chi connectivity index (χ1) is 12.6. The molecule has 4 unspecified atom stereocenters. The summed E-state index contributed by atoms with van der Waals surface area (Å²) in [5.41, 5.74) is 0.791. The zero-order valence-corrected chi connectivity index (χ0v) is 17.6. The lowest BCUT2D eigenvalue weighted by molar-refractivity contribution is -0.280. The number of likely N-dealkylation sites (tertiary alicyclic amines) is 2. The molecule has 2 aliphatic heterocycles. The molecule has 2 heterocycles. The van der Waals surface area contributed by atoms with Gasteiger partial charge in [0.25, 0.3) is 0 Å². The van der Waals surface area contributed by atoms with Gasteiger partial charge >= 0.3 is 0 Å². The highest BCUT2D eigenvalue weighted by molar-refractivity contribution is 5.21. The van der Waals surface area contributed by atoms with E-state index in [1.165, 1.54) is 64.2 Å². The Kier molecular flexibility index (Phi) is 4.68. The average Bonchev–Trinajstić information content (AvgIpc) is 2.62. The van der Waals surface area contributed by atoms with Gasteiger partial charge in [0.15, 0.2) is 0 Å². The highest BCUT2D eigenvalue weighted by Crippen LogP contribution is 2.76.